The van der Waals surface area contributed by atoms with Gasteiger partial charge in [-0.15, -0.1) is 11.3 Å². The number of hydrogen-bond acceptors (Lipinski definition) is 5. The van der Waals surface area contributed by atoms with Crippen molar-refractivity contribution in [1.29, 1.82) is 0 Å². The average molecular weight is 886 g/mol. The van der Waals surface area contributed by atoms with E-state index in [0.717, 1.165) is 71.7 Å². The van der Waals surface area contributed by atoms with E-state index in [1.807, 2.05) is 53.9 Å². The third kappa shape index (κ3) is 6.69. The Morgan fingerprint density at radius 2 is 0.838 bits per heavy atom. The predicted octanol–water partition coefficient (Wildman–Crippen LogP) is 16.4. The molecule has 0 spiro atoms. The van der Waals surface area contributed by atoms with Gasteiger partial charge in [0.1, 0.15) is 0 Å². The summed E-state index contributed by atoms with van der Waals surface area (Å²) in [5, 5.41) is 4.88. The van der Waals surface area contributed by atoms with E-state index < -0.39 is 0 Å². The number of benzene rings is 9. The zero-order chi connectivity index (χ0) is 45.0. The first kappa shape index (κ1) is 39.5. The van der Waals surface area contributed by atoms with Gasteiger partial charge in [-0.25, -0.2) is 15.0 Å². The van der Waals surface area contributed by atoms with Gasteiger partial charge in [0.05, 0.1) is 16.7 Å². The van der Waals surface area contributed by atoms with Crippen LogP contribution in [0.5, 0.6) is 0 Å². The minimum atomic E-state index is 0.548. The first-order valence-electron chi connectivity index (χ1n) is 22.8. The maximum atomic E-state index is 5.55. The fraction of sp³-hybridized carbons (Fsp3) is 0. The maximum absolute atomic E-state index is 5.55. The molecule has 0 aliphatic heterocycles. The van der Waals surface area contributed by atoms with Crippen LogP contribution in [0.4, 0.5) is 0 Å². The van der Waals surface area contributed by atoms with Crippen molar-refractivity contribution in [3.63, 3.8) is 0 Å². The van der Waals surface area contributed by atoms with Crippen LogP contribution in [0.25, 0.3) is 126 Å². The summed E-state index contributed by atoms with van der Waals surface area (Å²) in [6.45, 7) is 0. The molecule has 0 radical (unpaired) electrons. The molecular formula is C62H39N5S. The monoisotopic (exact) mass is 885 g/mol. The summed E-state index contributed by atoms with van der Waals surface area (Å²) in [4.78, 5) is 21.4. The Hall–Kier alpha value is -8.84. The molecule has 6 heteroatoms. The van der Waals surface area contributed by atoms with Crippen molar-refractivity contribution in [2.24, 2.45) is 0 Å². The predicted molar refractivity (Wildman–Crippen MR) is 283 cm³/mol. The highest BCUT2D eigenvalue weighted by molar-refractivity contribution is 7.27. The van der Waals surface area contributed by atoms with Crippen molar-refractivity contribution in [2.75, 3.05) is 0 Å². The highest BCUT2D eigenvalue weighted by Crippen LogP contribution is 2.48. The van der Waals surface area contributed by atoms with Crippen LogP contribution in [0.15, 0.2) is 237 Å². The molecule has 0 bridgehead atoms. The Morgan fingerprint density at radius 3 is 1.47 bits per heavy atom. The van der Waals surface area contributed by atoms with Gasteiger partial charge >= 0.3 is 0 Å². The second-order valence-electron chi connectivity index (χ2n) is 16.9. The normalized spacial score (nSPS) is 11.5. The van der Waals surface area contributed by atoms with Gasteiger partial charge in [-0.1, -0.05) is 200 Å². The summed E-state index contributed by atoms with van der Waals surface area (Å²) < 4.78 is 4.79. The van der Waals surface area contributed by atoms with E-state index in [1.54, 1.807) is 0 Å². The molecule has 13 aromatic rings. The molecule has 0 atom stereocenters. The second-order valence-corrected chi connectivity index (χ2v) is 17.9. The molecule has 4 heterocycles. The topological polar surface area (TPSA) is 56.5 Å². The largest absolute Gasteiger partial charge is 0.309 e. The second kappa shape index (κ2) is 16.5. The molecule has 5 nitrogen and oxygen atoms in total. The van der Waals surface area contributed by atoms with Gasteiger partial charge in [-0.3, -0.25) is 4.98 Å². The molecule has 0 amide bonds. The molecule has 0 fully saturated rings. The fourth-order valence-corrected chi connectivity index (χ4v) is 11.2. The summed E-state index contributed by atoms with van der Waals surface area (Å²) in [5.74, 6) is 1.74. The highest BCUT2D eigenvalue weighted by atomic mass is 32.1. The van der Waals surface area contributed by atoms with E-state index in [2.05, 4.69) is 199 Å². The number of thiophene rings is 1. The standard InChI is InChI=1S/C62H39N5S/c1-6-20-40(21-7-1)46-31-18-32-47(41-22-8-2-9-23-41)55(46)44-38-52(62-65-60(42-24-10-3-11-25-42)64-61(66-62)43-26-12-4-13-27-43)57(63-39-44)51-34-19-33-48-49-36-37-54-56(59(49)68-58(48)51)50-30-16-17-35-53(50)67(54)45-28-14-5-15-29-45/h1-39H. The number of pyridine rings is 1. The van der Waals surface area contributed by atoms with E-state index in [0.29, 0.717) is 17.5 Å². The average Bonchev–Trinajstić information content (AvgIpc) is 3.98. The minimum Gasteiger partial charge on any atom is -0.309 e. The minimum absolute atomic E-state index is 0.548. The van der Waals surface area contributed by atoms with Crippen molar-refractivity contribution in [1.82, 2.24) is 24.5 Å². The van der Waals surface area contributed by atoms with Gasteiger partial charge in [0.15, 0.2) is 17.5 Å². The van der Waals surface area contributed by atoms with Crippen LogP contribution in [0.2, 0.25) is 0 Å². The zero-order valence-corrected chi connectivity index (χ0v) is 37.5. The summed E-state index contributed by atoms with van der Waals surface area (Å²) in [7, 11) is 0. The van der Waals surface area contributed by atoms with Crippen molar-refractivity contribution < 1.29 is 0 Å². The maximum Gasteiger partial charge on any atom is 0.166 e. The Labute approximate surface area is 397 Å². The number of aromatic nitrogens is 5. The third-order valence-electron chi connectivity index (χ3n) is 12.9. The van der Waals surface area contributed by atoms with E-state index in [9.17, 15) is 0 Å². The Balaban J connectivity index is 1.11. The SMILES string of the molecule is c1ccc(-c2nc(-c3ccccc3)nc(-c3cc(-c4c(-c5ccccc5)cccc4-c4ccccc4)cnc3-c3cccc4c3sc3c4ccc4c3c3ccccc3n4-c3ccccc3)n2)cc1. The van der Waals surface area contributed by atoms with E-state index in [4.69, 9.17) is 19.9 Å². The summed E-state index contributed by atoms with van der Waals surface area (Å²) in [6.07, 6.45) is 2.04. The fourth-order valence-electron chi connectivity index (χ4n) is 9.85. The number of hydrogen-bond donors (Lipinski definition) is 0. The molecule has 13 rings (SSSR count). The van der Waals surface area contributed by atoms with Crippen molar-refractivity contribution in [3.05, 3.63) is 237 Å². The van der Waals surface area contributed by atoms with Crippen LogP contribution in [-0.2, 0) is 0 Å². The number of para-hydroxylation sites is 2. The van der Waals surface area contributed by atoms with Crippen LogP contribution in [0.3, 0.4) is 0 Å². The molecule has 0 aliphatic rings. The summed E-state index contributed by atoms with van der Waals surface area (Å²) in [5.41, 5.74) is 14.5. The van der Waals surface area contributed by atoms with Gasteiger partial charge in [0.2, 0.25) is 0 Å². The Bertz CT molecular complexity index is 3880. The number of nitrogens with zero attached hydrogens (tertiary/aromatic N) is 5. The Kier molecular flexibility index (Phi) is 9.62. The first-order valence-corrected chi connectivity index (χ1v) is 23.6. The number of rotatable bonds is 8. The lowest BCUT2D eigenvalue weighted by Crippen LogP contribution is -2.02. The summed E-state index contributed by atoms with van der Waals surface area (Å²) >= 11 is 1.83. The van der Waals surface area contributed by atoms with Gasteiger partial charge in [0, 0.05) is 70.6 Å². The molecule has 0 saturated heterocycles. The van der Waals surface area contributed by atoms with Gasteiger partial charge < -0.3 is 4.57 Å². The molecule has 68 heavy (non-hydrogen) atoms. The quantitative estimate of drug-likeness (QED) is 0.153. The third-order valence-corrected chi connectivity index (χ3v) is 14.2. The Morgan fingerprint density at radius 1 is 0.338 bits per heavy atom. The van der Waals surface area contributed by atoms with Crippen LogP contribution >= 0.6 is 11.3 Å². The molecule has 0 aliphatic carbocycles. The smallest absolute Gasteiger partial charge is 0.166 e. The van der Waals surface area contributed by atoms with Crippen molar-refractivity contribution in [2.45, 2.75) is 0 Å². The van der Waals surface area contributed by atoms with E-state index in [-0.39, 0.29) is 0 Å². The highest BCUT2D eigenvalue weighted by Gasteiger charge is 2.24. The molecule has 0 N–H and O–H groups in total. The van der Waals surface area contributed by atoms with Gasteiger partial charge in [-0.2, -0.15) is 0 Å². The lowest BCUT2D eigenvalue weighted by molar-refractivity contribution is 1.07. The van der Waals surface area contributed by atoms with Crippen LogP contribution < -0.4 is 0 Å². The molecule has 0 unspecified atom stereocenters. The molecule has 9 aromatic carbocycles. The van der Waals surface area contributed by atoms with Crippen LogP contribution in [0, 0.1) is 0 Å². The first-order chi connectivity index (χ1) is 33.7. The number of fused-ring (bicyclic) bond motifs is 7. The van der Waals surface area contributed by atoms with E-state index >= 15 is 0 Å². The summed E-state index contributed by atoms with van der Waals surface area (Å²) in [6, 6.07) is 81.0. The molecule has 0 saturated carbocycles. The van der Waals surface area contributed by atoms with Crippen molar-refractivity contribution in [3.8, 4) is 84.5 Å². The zero-order valence-electron chi connectivity index (χ0n) is 36.7. The lowest BCUT2D eigenvalue weighted by Gasteiger charge is -2.18. The van der Waals surface area contributed by atoms with E-state index in [1.165, 1.54) is 37.3 Å². The van der Waals surface area contributed by atoms with Gasteiger partial charge in [0.25, 0.3) is 0 Å². The van der Waals surface area contributed by atoms with Crippen LogP contribution in [0.1, 0.15) is 0 Å². The molecule has 4 aromatic heterocycles. The van der Waals surface area contributed by atoms with Crippen LogP contribution in [-0.4, -0.2) is 24.5 Å². The lowest BCUT2D eigenvalue weighted by atomic mass is 9.87. The van der Waals surface area contributed by atoms with Crippen molar-refractivity contribution >= 4 is 53.3 Å². The van der Waals surface area contributed by atoms with Gasteiger partial charge in [-0.05, 0) is 58.1 Å². The molecule has 318 valence electrons. The molecular weight excluding hydrogens is 847 g/mol.